The molecule has 0 aliphatic carbocycles. The maximum absolute atomic E-state index is 12.1. The minimum Gasteiger partial charge on any atom is -0.448 e. The summed E-state index contributed by atoms with van der Waals surface area (Å²) in [6.45, 7) is 3.35. The quantitative estimate of drug-likeness (QED) is 0.395. The van der Waals surface area contributed by atoms with E-state index in [0.717, 1.165) is 3.57 Å². The van der Waals surface area contributed by atoms with Gasteiger partial charge in [0.15, 0.2) is 6.10 Å². The summed E-state index contributed by atoms with van der Waals surface area (Å²) in [5.41, 5.74) is 11.0. The normalized spacial score (nSPS) is 11.8. The van der Waals surface area contributed by atoms with Gasteiger partial charge in [0.2, 0.25) is 0 Å². The summed E-state index contributed by atoms with van der Waals surface area (Å²) in [4.78, 5) is 34.6. The van der Waals surface area contributed by atoms with Gasteiger partial charge in [0.25, 0.3) is 5.91 Å². The van der Waals surface area contributed by atoms with Crippen LogP contribution in [0.2, 0.25) is 0 Å². The first-order valence-corrected chi connectivity index (χ1v) is 7.16. The number of halogens is 1. The molecular formula is C13H16IN3O4. The topological polar surface area (TPSA) is 125 Å². The van der Waals surface area contributed by atoms with E-state index in [4.69, 9.17) is 16.2 Å². The van der Waals surface area contributed by atoms with Crippen LogP contribution in [-0.2, 0) is 9.53 Å². The molecule has 1 rings (SSSR count). The smallest absolute Gasteiger partial charge is 0.341 e. The Morgan fingerprint density at radius 2 is 1.90 bits per heavy atom. The third-order valence-corrected chi connectivity index (χ3v) is 3.25. The second-order valence-electron chi connectivity index (χ2n) is 4.66. The standard InChI is InChI=1S/C13H16IN3O4/c1-6(2)10(11(18)17-13(16)20)21-12(19)8-5-7(14)3-4-9(8)15/h3-6,10H,15H2,1-2H3,(H3,16,17,18,20)/t10-/m1/s1. The lowest BCUT2D eigenvalue weighted by Gasteiger charge is -2.20. The number of rotatable bonds is 4. The predicted octanol–water partition coefficient (Wildman–Crippen LogP) is 1.25. The molecule has 7 nitrogen and oxygen atoms in total. The highest BCUT2D eigenvalue weighted by atomic mass is 127. The fourth-order valence-corrected chi connectivity index (χ4v) is 2.06. The molecule has 0 saturated heterocycles. The number of carbonyl (C=O) groups excluding carboxylic acids is 3. The Kier molecular flexibility index (Phi) is 5.94. The molecule has 5 N–H and O–H groups in total. The van der Waals surface area contributed by atoms with Gasteiger partial charge in [-0.15, -0.1) is 0 Å². The molecule has 114 valence electrons. The molecule has 0 aliphatic rings. The van der Waals surface area contributed by atoms with Crippen LogP contribution in [0.15, 0.2) is 18.2 Å². The van der Waals surface area contributed by atoms with E-state index in [-0.39, 0.29) is 17.2 Å². The number of imide groups is 1. The van der Waals surface area contributed by atoms with Crippen molar-refractivity contribution >= 4 is 46.2 Å². The van der Waals surface area contributed by atoms with E-state index in [1.54, 1.807) is 32.0 Å². The summed E-state index contributed by atoms with van der Waals surface area (Å²) in [5, 5.41) is 1.90. The average molecular weight is 405 g/mol. The van der Waals surface area contributed by atoms with Gasteiger partial charge in [0.05, 0.1) is 5.56 Å². The van der Waals surface area contributed by atoms with Crippen molar-refractivity contribution in [2.24, 2.45) is 11.7 Å². The van der Waals surface area contributed by atoms with Crippen LogP contribution in [0.1, 0.15) is 24.2 Å². The van der Waals surface area contributed by atoms with Gasteiger partial charge in [0.1, 0.15) is 0 Å². The Labute approximate surface area is 135 Å². The first-order chi connectivity index (χ1) is 9.72. The number of urea groups is 1. The van der Waals surface area contributed by atoms with Crippen molar-refractivity contribution in [3.05, 3.63) is 27.3 Å². The molecule has 0 spiro atoms. The lowest BCUT2D eigenvalue weighted by atomic mass is 10.1. The zero-order valence-corrected chi connectivity index (χ0v) is 13.7. The van der Waals surface area contributed by atoms with Crippen LogP contribution in [0, 0.1) is 9.49 Å². The maximum Gasteiger partial charge on any atom is 0.341 e. The van der Waals surface area contributed by atoms with Crippen molar-refractivity contribution in [2.75, 3.05) is 5.73 Å². The van der Waals surface area contributed by atoms with E-state index in [1.807, 2.05) is 27.9 Å². The number of nitrogen functional groups attached to an aromatic ring is 1. The van der Waals surface area contributed by atoms with Gasteiger partial charge in [-0.3, -0.25) is 10.1 Å². The average Bonchev–Trinajstić information content (AvgIpc) is 2.37. The molecule has 0 saturated carbocycles. The minimum absolute atomic E-state index is 0.166. The highest BCUT2D eigenvalue weighted by Gasteiger charge is 2.28. The van der Waals surface area contributed by atoms with Crippen LogP contribution in [0.3, 0.4) is 0 Å². The van der Waals surface area contributed by atoms with Gasteiger partial charge >= 0.3 is 12.0 Å². The van der Waals surface area contributed by atoms with Crippen molar-refractivity contribution in [1.82, 2.24) is 5.32 Å². The number of benzene rings is 1. The van der Waals surface area contributed by atoms with Gasteiger partial charge in [0, 0.05) is 9.26 Å². The number of nitrogens with one attached hydrogen (secondary N) is 1. The van der Waals surface area contributed by atoms with Crippen molar-refractivity contribution in [2.45, 2.75) is 20.0 Å². The third-order valence-electron chi connectivity index (χ3n) is 2.58. The Bertz CT molecular complexity index is 575. The molecule has 0 bridgehead atoms. The van der Waals surface area contributed by atoms with Crippen LogP contribution in [-0.4, -0.2) is 24.0 Å². The zero-order chi connectivity index (χ0) is 16.2. The molecule has 21 heavy (non-hydrogen) atoms. The van der Waals surface area contributed by atoms with E-state index < -0.39 is 24.0 Å². The molecule has 0 heterocycles. The van der Waals surface area contributed by atoms with Crippen molar-refractivity contribution < 1.29 is 19.1 Å². The van der Waals surface area contributed by atoms with Gasteiger partial charge < -0.3 is 16.2 Å². The molecule has 3 amide bonds. The van der Waals surface area contributed by atoms with Gasteiger partial charge in [-0.25, -0.2) is 9.59 Å². The summed E-state index contributed by atoms with van der Waals surface area (Å²) in [5.74, 6) is -1.84. The lowest BCUT2D eigenvalue weighted by molar-refractivity contribution is -0.130. The zero-order valence-electron chi connectivity index (χ0n) is 11.6. The summed E-state index contributed by atoms with van der Waals surface area (Å²) in [6, 6.07) is 3.87. The van der Waals surface area contributed by atoms with Gasteiger partial charge in [-0.1, -0.05) is 13.8 Å². The third kappa shape index (κ3) is 4.88. The highest BCUT2D eigenvalue weighted by Crippen LogP contribution is 2.19. The Balaban J connectivity index is 2.93. The molecule has 8 heteroatoms. The maximum atomic E-state index is 12.1. The molecule has 0 unspecified atom stereocenters. The molecule has 1 atom stereocenters. The molecule has 1 aromatic carbocycles. The van der Waals surface area contributed by atoms with E-state index in [0.29, 0.717) is 0 Å². The first kappa shape index (κ1) is 17.2. The largest absolute Gasteiger partial charge is 0.448 e. The van der Waals surface area contributed by atoms with E-state index in [9.17, 15) is 14.4 Å². The van der Waals surface area contributed by atoms with E-state index in [1.165, 1.54) is 0 Å². The Morgan fingerprint density at radius 1 is 1.29 bits per heavy atom. The number of esters is 1. The molecule has 0 fully saturated rings. The van der Waals surface area contributed by atoms with Crippen LogP contribution >= 0.6 is 22.6 Å². The van der Waals surface area contributed by atoms with Gasteiger partial charge in [-0.05, 0) is 46.7 Å². The SMILES string of the molecule is CC(C)[C@@H](OC(=O)c1cc(I)ccc1N)C(=O)NC(N)=O. The summed E-state index contributed by atoms with van der Waals surface area (Å²) in [7, 11) is 0. The molecule has 0 aromatic heterocycles. The number of nitrogens with two attached hydrogens (primary N) is 2. The molecule has 0 aliphatic heterocycles. The van der Waals surface area contributed by atoms with Crippen LogP contribution < -0.4 is 16.8 Å². The van der Waals surface area contributed by atoms with Crippen molar-refractivity contribution in [3.8, 4) is 0 Å². The second kappa shape index (κ2) is 7.25. The fourth-order valence-electron chi connectivity index (χ4n) is 1.57. The predicted molar refractivity (Wildman–Crippen MR) is 85.3 cm³/mol. The van der Waals surface area contributed by atoms with Crippen LogP contribution in [0.4, 0.5) is 10.5 Å². The van der Waals surface area contributed by atoms with Crippen molar-refractivity contribution in [3.63, 3.8) is 0 Å². The lowest BCUT2D eigenvalue weighted by Crippen LogP contribution is -2.45. The monoisotopic (exact) mass is 405 g/mol. The Morgan fingerprint density at radius 3 is 2.43 bits per heavy atom. The number of hydrogen-bond donors (Lipinski definition) is 3. The number of ether oxygens (including phenoxy) is 1. The first-order valence-electron chi connectivity index (χ1n) is 6.08. The van der Waals surface area contributed by atoms with E-state index >= 15 is 0 Å². The Hall–Kier alpha value is -1.84. The molecule has 1 aromatic rings. The number of carbonyl (C=O) groups is 3. The number of amides is 3. The fraction of sp³-hybridized carbons (Fsp3) is 0.308. The van der Waals surface area contributed by atoms with Gasteiger partial charge in [-0.2, -0.15) is 0 Å². The summed E-state index contributed by atoms with van der Waals surface area (Å²) >= 11 is 2.03. The minimum atomic E-state index is -1.14. The highest BCUT2D eigenvalue weighted by molar-refractivity contribution is 14.1. The van der Waals surface area contributed by atoms with E-state index in [2.05, 4.69) is 0 Å². The van der Waals surface area contributed by atoms with Crippen LogP contribution in [0.25, 0.3) is 0 Å². The summed E-state index contributed by atoms with van der Waals surface area (Å²) in [6.07, 6.45) is -1.14. The van der Waals surface area contributed by atoms with Crippen LogP contribution in [0.5, 0.6) is 0 Å². The molecule has 0 radical (unpaired) electrons. The second-order valence-corrected chi connectivity index (χ2v) is 5.90. The number of primary amides is 1. The summed E-state index contributed by atoms with van der Waals surface area (Å²) < 4.78 is 5.96. The number of hydrogen-bond acceptors (Lipinski definition) is 5. The molecular weight excluding hydrogens is 389 g/mol. The number of anilines is 1. The van der Waals surface area contributed by atoms with Crippen molar-refractivity contribution in [1.29, 1.82) is 0 Å².